The summed E-state index contributed by atoms with van der Waals surface area (Å²) in [4.78, 5) is 18.1. The fourth-order valence-electron chi connectivity index (χ4n) is 6.49. The number of rotatable bonds is 5. The molecule has 6 nitrogen and oxygen atoms in total. The molecule has 1 aliphatic carbocycles. The first kappa shape index (κ1) is 23.4. The molecular weight excluding hydrogens is 451 g/mol. The van der Waals surface area contributed by atoms with Crippen molar-refractivity contribution >= 4 is 11.5 Å². The summed E-state index contributed by atoms with van der Waals surface area (Å²) in [5.74, 6) is 1.38. The van der Waals surface area contributed by atoms with Gasteiger partial charge < -0.3 is 14.7 Å². The first-order valence-electron chi connectivity index (χ1n) is 13.1. The van der Waals surface area contributed by atoms with Gasteiger partial charge in [-0.3, -0.25) is 4.90 Å². The number of likely N-dealkylation sites (tertiary alicyclic amines) is 1. The van der Waals surface area contributed by atoms with Crippen molar-refractivity contribution in [2.24, 2.45) is 0 Å². The smallest absolute Gasteiger partial charge is 0.132 e. The highest BCUT2D eigenvalue weighted by molar-refractivity contribution is 5.51. The van der Waals surface area contributed by atoms with Gasteiger partial charge in [0.25, 0.3) is 0 Å². The summed E-state index contributed by atoms with van der Waals surface area (Å²) >= 11 is 0. The number of hydrogen-bond acceptors (Lipinski definition) is 6. The van der Waals surface area contributed by atoms with Crippen LogP contribution in [0.2, 0.25) is 0 Å². The Labute approximate surface area is 213 Å². The second kappa shape index (κ2) is 9.79. The van der Waals surface area contributed by atoms with Gasteiger partial charge in [0.1, 0.15) is 18.0 Å². The van der Waals surface area contributed by atoms with Gasteiger partial charge in [-0.1, -0.05) is 24.3 Å². The monoisotopic (exact) mass is 486 g/mol. The Morgan fingerprint density at radius 1 is 0.917 bits per heavy atom. The van der Waals surface area contributed by atoms with Gasteiger partial charge in [-0.15, -0.1) is 0 Å². The lowest BCUT2D eigenvalue weighted by molar-refractivity contribution is 0.213. The summed E-state index contributed by atoms with van der Waals surface area (Å²) in [5.41, 5.74) is 4.79. The Balaban J connectivity index is 1.15. The highest BCUT2D eigenvalue weighted by Crippen LogP contribution is 2.42. The first-order chi connectivity index (χ1) is 17.6. The number of likely N-dealkylation sites (N-methyl/N-ethyl adjacent to an activating group) is 1. The third-order valence-corrected chi connectivity index (χ3v) is 8.44. The van der Waals surface area contributed by atoms with Crippen LogP contribution < -0.4 is 9.80 Å². The molecule has 2 aromatic carbocycles. The summed E-state index contributed by atoms with van der Waals surface area (Å²) in [6, 6.07) is 17.4. The maximum Gasteiger partial charge on any atom is 0.132 e. The number of nitrogens with zero attached hydrogens (tertiary/aromatic N) is 6. The lowest BCUT2D eigenvalue weighted by atomic mass is 9.93. The first-order valence-corrected chi connectivity index (χ1v) is 13.1. The van der Waals surface area contributed by atoms with Crippen LogP contribution in [0.4, 0.5) is 15.9 Å². The van der Waals surface area contributed by atoms with E-state index in [0.29, 0.717) is 12.0 Å². The number of benzene rings is 2. The largest absolute Gasteiger partial charge is 0.368 e. The molecule has 0 amide bonds. The number of piperazine rings is 1. The predicted molar refractivity (Wildman–Crippen MR) is 142 cm³/mol. The molecule has 2 aliphatic heterocycles. The minimum absolute atomic E-state index is 0.0379. The van der Waals surface area contributed by atoms with Crippen LogP contribution in [0.5, 0.6) is 0 Å². The van der Waals surface area contributed by atoms with E-state index in [1.54, 1.807) is 18.6 Å². The fourth-order valence-corrected chi connectivity index (χ4v) is 6.49. The molecule has 1 aromatic heterocycles. The lowest BCUT2D eigenvalue weighted by Gasteiger charge is -2.36. The van der Waals surface area contributed by atoms with E-state index in [4.69, 9.17) is 0 Å². The van der Waals surface area contributed by atoms with E-state index in [0.717, 1.165) is 63.5 Å². The zero-order valence-electron chi connectivity index (χ0n) is 21.2. The lowest BCUT2D eigenvalue weighted by Crippen LogP contribution is -2.46. The van der Waals surface area contributed by atoms with Gasteiger partial charge >= 0.3 is 0 Å². The Bertz CT molecular complexity index is 1180. The summed E-state index contributed by atoms with van der Waals surface area (Å²) in [6.07, 6.45) is 5.42. The minimum atomic E-state index is -0.0379. The molecule has 36 heavy (non-hydrogen) atoms. The molecule has 0 N–H and O–H groups in total. The number of aromatic nitrogens is 2. The summed E-state index contributed by atoms with van der Waals surface area (Å²) in [7, 11) is 4.35. The molecule has 2 saturated heterocycles. The van der Waals surface area contributed by atoms with Gasteiger partial charge in [-0.2, -0.15) is 0 Å². The molecule has 1 unspecified atom stereocenters. The van der Waals surface area contributed by atoms with Crippen LogP contribution >= 0.6 is 0 Å². The van der Waals surface area contributed by atoms with Crippen LogP contribution in [0.15, 0.2) is 61.1 Å². The van der Waals surface area contributed by atoms with E-state index >= 15 is 0 Å². The molecule has 0 saturated carbocycles. The quantitative estimate of drug-likeness (QED) is 0.544. The number of hydrogen-bond donors (Lipinski definition) is 0. The SMILES string of the molecule is CN(C)[C@@H]1CN(C2CCc3cccc(F)c32)C[C@H]1c1ccc(N2CCN(c3ccncn3)CC2)cc1. The zero-order chi connectivity index (χ0) is 24.6. The molecule has 0 bridgehead atoms. The molecule has 6 rings (SSSR count). The molecule has 3 aromatic rings. The second-order valence-corrected chi connectivity index (χ2v) is 10.6. The average molecular weight is 487 g/mol. The van der Waals surface area contributed by atoms with Crippen LogP contribution in [-0.4, -0.2) is 79.2 Å². The molecule has 0 spiro atoms. The standard InChI is InChI=1S/C29H35FN6/c1-33(2)27-19-36(26-11-8-22-4-3-5-25(30)29(22)26)18-24(27)21-6-9-23(10-7-21)34-14-16-35(17-15-34)28-12-13-31-20-32-28/h3-7,9-10,12-13,20,24,26-27H,8,11,14-19H2,1-2H3/t24-,26?,27+/m0/s1. The van der Waals surface area contributed by atoms with Gasteiger partial charge in [0.05, 0.1) is 0 Å². The molecule has 3 aliphatic rings. The third kappa shape index (κ3) is 4.35. The molecule has 3 atom stereocenters. The normalized spacial score (nSPS) is 24.5. The second-order valence-electron chi connectivity index (χ2n) is 10.6. The van der Waals surface area contributed by atoms with Crippen LogP contribution in [0.3, 0.4) is 0 Å². The summed E-state index contributed by atoms with van der Waals surface area (Å²) in [5, 5.41) is 0. The Hall–Kier alpha value is -3.03. The van der Waals surface area contributed by atoms with Crippen molar-refractivity contribution in [2.45, 2.75) is 30.8 Å². The van der Waals surface area contributed by atoms with Crippen molar-refractivity contribution < 1.29 is 4.39 Å². The van der Waals surface area contributed by atoms with Crippen molar-refractivity contribution in [3.8, 4) is 0 Å². The topological polar surface area (TPSA) is 38.7 Å². The molecule has 3 heterocycles. The van der Waals surface area contributed by atoms with Crippen molar-refractivity contribution in [1.82, 2.24) is 19.8 Å². The number of anilines is 2. The van der Waals surface area contributed by atoms with Gasteiger partial charge in [0, 0.05) is 74.7 Å². The molecule has 2 fully saturated rings. The molecule has 7 heteroatoms. The highest BCUT2D eigenvalue weighted by Gasteiger charge is 2.41. The third-order valence-electron chi connectivity index (χ3n) is 8.44. The average Bonchev–Trinajstić information content (AvgIpc) is 3.55. The van der Waals surface area contributed by atoms with Gasteiger partial charge in [0.15, 0.2) is 0 Å². The van der Waals surface area contributed by atoms with Gasteiger partial charge in [-0.05, 0) is 62.3 Å². The van der Waals surface area contributed by atoms with Gasteiger partial charge in [-0.25, -0.2) is 14.4 Å². The predicted octanol–water partition coefficient (Wildman–Crippen LogP) is 3.96. The zero-order valence-corrected chi connectivity index (χ0v) is 21.2. The molecular formula is C29H35FN6. The van der Waals surface area contributed by atoms with Crippen molar-refractivity contribution in [2.75, 3.05) is 63.2 Å². The number of halogens is 1. The maximum absolute atomic E-state index is 14.8. The van der Waals surface area contributed by atoms with E-state index in [-0.39, 0.29) is 11.9 Å². The van der Waals surface area contributed by atoms with E-state index in [9.17, 15) is 4.39 Å². The Kier molecular flexibility index (Phi) is 6.36. The Morgan fingerprint density at radius 3 is 2.42 bits per heavy atom. The maximum atomic E-state index is 14.8. The minimum Gasteiger partial charge on any atom is -0.368 e. The fraction of sp³-hybridized carbons (Fsp3) is 0.448. The van der Waals surface area contributed by atoms with Crippen molar-refractivity contribution in [1.29, 1.82) is 0 Å². The number of fused-ring (bicyclic) bond motifs is 1. The van der Waals surface area contributed by atoms with E-state index in [1.807, 2.05) is 12.1 Å². The van der Waals surface area contributed by atoms with Crippen molar-refractivity contribution in [3.05, 3.63) is 83.6 Å². The van der Waals surface area contributed by atoms with Crippen molar-refractivity contribution in [3.63, 3.8) is 0 Å². The highest BCUT2D eigenvalue weighted by atomic mass is 19.1. The van der Waals surface area contributed by atoms with E-state index in [2.05, 4.69) is 74.0 Å². The van der Waals surface area contributed by atoms with Crippen LogP contribution in [0, 0.1) is 5.82 Å². The van der Waals surface area contributed by atoms with Crippen LogP contribution in [0.25, 0.3) is 0 Å². The summed E-state index contributed by atoms with van der Waals surface area (Å²) < 4.78 is 14.8. The summed E-state index contributed by atoms with van der Waals surface area (Å²) in [6.45, 7) is 5.82. The van der Waals surface area contributed by atoms with Crippen LogP contribution in [0.1, 0.15) is 35.1 Å². The van der Waals surface area contributed by atoms with Gasteiger partial charge in [0.2, 0.25) is 0 Å². The Morgan fingerprint density at radius 2 is 1.69 bits per heavy atom. The van der Waals surface area contributed by atoms with Crippen LogP contribution in [-0.2, 0) is 6.42 Å². The molecule has 188 valence electrons. The van der Waals surface area contributed by atoms with E-state index < -0.39 is 0 Å². The van der Waals surface area contributed by atoms with E-state index in [1.165, 1.54) is 16.8 Å². The molecule has 0 radical (unpaired) electrons. The number of aryl methyl sites for hydroxylation is 1.